The minimum absolute atomic E-state index is 0.687. The summed E-state index contributed by atoms with van der Waals surface area (Å²) in [5, 5.41) is 8.06. The molecule has 0 spiro atoms. The van der Waals surface area contributed by atoms with E-state index in [0.29, 0.717) is 12.0 Å². The second kappa shape index (κ2) is 4.58. The summed E-state index contributed by atoms with van der Waals surface area (Å²) in [7, 11) is 0. The standard InChI is InChI=1S/C13H21N3/c1-2-6-12(5-1)16-13(7-9-15-16)11-4-3-8-14-10-11/h7,9,11-12,14H,1-6,8,10H2/t11-/m1/s1. The van der Waals surface area contributed by atoms with Crippen molar-refractivity contribution in [2.45, 2.75) is 50.5 Å². The van der Waals surface area contributed by atoms with Crippen LogP contribution in [0.25, 0.3) is 0 Å². The van der Waals surface area contributed by atoms with Crippen molar-refractivity contribution < 1.29 is 0 Å². The molecule has 3 heteroatoms. The fraction of sp³-hybridized carbons (Fsp3) is 0.769. The third-order valence-corrected chi connectivity index (χ3v) is 4.09. The lowest BCUT2D eigenvalue weighted by atomic mass is 9.96. The Morgan fingerprint density at radius 3 is 2.81 bits per heavy atom. The molecule has 0 unspecified atom stereocenters. The van der Waals surface area contributed by atoms with Gasteiger partial charge < -0.3 is 5.32 Å². The lowest BCUT2D eigenvalue weighted by molar-refractivity contribution is 0.394. The average Bonchev–Trinajstić information content (AvgIpc) is 3.01. The molecule has 0 aromatic carbocycles. The van der Waals surface area contributed by atoms with Crippen LogP contribution in [0.4, 0.5) is 0 Å². The summed E-state index contributed by atoms with van der Waals surface area (Å²) in [4.78, 5) is 0. The highest BCUT2D eigenvalue weighted by Gasteiger charge is 2.24. The molecule has 1 saturated heterocycles. The van der Waals surface area contributed by atoms with Crippen LogP contribution in [0.3, 0.4) is 0 Å². The van der Waals surface area contributed by atoms with Crippen LogP contribution in [0.5, 0.6) is 0 Å². The Bertz CT molecular complexity index is 333. The van der Waals surface area contributed by atoms with E-state index in [1.165, 1.54) is 50.8 Å². The van der Waals surface area contributed by atoms with E-state index in [9.17, 15) is 0 Å². The first-order valence-electron chi connectivity index (χ1n) is 6.69. The van der Waals surface area contributed by atoms with Gasteiger partial charge in [0.2, 0.25) is 0 Å². The summed E-state index contributed by atoms with van der Waals surface area (Å²) >= 11 is 0. The molecule has 16 heavy (non-hydrogen) atoms. The van der Waals surface area contributed by atoms with Gasteiger partial charge in [-0.1, -0.05) is 12.8 Å². The van der Waals surface area contributed by atoms with Gasteiger partial charge in [-0.25, -0.2) is 0 Å². The largest absolute Gasteiger partial charge is 0.316 e. The Morgan fingerprint density at radius 2 is 2.06 bits per heavy atom. The summed E-state index contributed by atoms with van der Waals surface area (Å²) in [5.74, 6) is 0.692. The highest BCUT2D eigenvalue weighted by Crippen LogP contribution is 2.33. The molecular formula is C13H21N3. The second-order valence-electron chi connectivity index (χ2n) is 5.18. The zero-order valence-corrected chi connectivity index (χ0v) is 9.86. The molecule has 3 rings (SSSR count). The van der Waals surface area contributed by atoms with Crippen LogP contribution in [0, 0.1) is 0 Å². The SMILES string of the molecule is c1cc([C@@H]2CCCNC2)n(C2CCCC2)n1. The smallest absolute Gasteiger partial charge is 0.0522 e. The number of nitrogens with zero attached hydrogens (tertiary/aromatic N) is 2. The first-order valence-corrected chi connectivity index (χ1v) is 6.69. The molecule has 2 heterocycles. The zero-order chi connectivity index (χ0) is 10.8. The van der Waals surface area contributed by atoms with E-state index >= 15 is 0 Å². The lowest BCUT2D eigenvalue weighted by Gasteiger charge is -2.25. The van der Waals surface area contributed by atoms with E-state index in [0.717, 1.165) is 6.54 Å². The molecule has 1 aliphatic heterocycles. The summed E-state index contributed by atoms with van der Waals surface area (Å²) in [5.41, 5.74) is 1.47. The van der Waals surface area contributed by atoms with Gasteiger partial charge in [0.25, 0.3) is 0 Å². The first-order chi connectivity index (χ1) is 7.95. The molecule has 1 N–H and O–H groups in total. The Kier molecular flexibility index (Phi) is 2.96. The van der Waals surface area contributed by atoms with E-state index in [2.05, 4.69) is 21.2 Å². The molecule has 0 bridgehead atoms. The average molecular weight is 219 g/mol. The van der Waals surface area contributed by atoms with Crippen LogP contribution >= 0.6 is 0 Å². The number of rotatable bonds is 2. The maximum absolute atomic E-state index is 4.56. The first kappa shape index (κ1) is 10.3. The number of hydrogen-bond donors (Lipinski definition) is 1. The maximum atomic E-state index is 4.56. The third kappa shape index (κ3) is 1.88. The van der Waals surface area contributed by atoms with Crippen LogP contribution in [0.15, 0.2) is 12.3 Å². The summed E-state index contributed by atoms with van der Waals surface area (Å²) in [6.45, 7) is 2.33. The van der Waals surface area contributed by atoms with E-state index in [1.807, 2.05) is 6.20 Å². The quantitative estimate of drug-likeness (QED) is 0.828. The molecule has 3 nitrogen and oxygen atoms in total. The Labute approximate surface area is 97.2 Å². The molecule has 88 valence electrons. The zero-order valence-electron chi connectivity index (χ0n) is 9.86. The molecule has 0 amide bonds. The van der Waals surface area contributed by atoms with E-state index in [-0.39, 0.29) is 0 Å². The fourth-order valence-electron chi connectivity index (χ4n) is 3.21. The van der Waals surface area contributed by atoms with E-state index in [4.69, 9.17) is 0 Å². The van der Waals surface area contributed by atoms with Gasteiger partial charge in [-0.15, -0.1) is 0 Å². The molecule has 1 atom stereocenters. The van der Waals surface area contributed by atoms with Crippen LogP contribution in [-0.2, 0) is 0 Å². The molecule has 1 aromatic rings. The van der Waals surface area contributed by atoms with Gasteiger partial charge in [0, 0.05) is 24.4 Å². The third-order valence-electron chi connectivity index (χ3n) is 4.09. The maximum Gasteiger partial charge on any atom is 0.0522 e. The van der Waals surface area contributed by atoms with Crippen molar-refractivity contribution >= 4 is 0 Å². The Balaban J connectivity index is 1.80. The normalized spacial score (nSPS) is 27.4. The van der Waals surface area contributed by atoms with Crippen LogP contribution < -0.4 is 5.32 Å². The van der Waals surface area contributed by atoms with Crippen LogP contribution in [-0.4, -0.2) is 22.9 Å². The van der Waals surface area contributed by atoms with Crippen molar-refractivity contribution in [1.29, 1.82) is 0 Å². The predicted octanol–water partition coefficient (Wildman–Crippen LogP) is 2.47. The van der Waals surface area contributed by atoms with E-state index in [1.54, 1.807) is 0 Å². The summed E-state index contributed by atoms with van der Waals surface area (Å²) < 4.78 is 2.32. The van der Waals surface area contributed by atoms with Crippen molar-refractivity contribution in [3.05, 3.63) is 18.0 Å². The minimum atomic E-state index is 0.687. The predicted molar refractivity (Wildman–Crippen MR) is 64.6 cm³/mol. The molecule has 2 fully saturated rings. The van der Waals surface area contributed by atoms with Gasteiger partial charge in [-0.05, 0) is 38.3 Å². The molecule has 1 saturated carbocycles. The number of piperidine rings is 1. The Morgan fingerprint density at radius 1 is 1.19 bits per heavy atom. The van der Waals surface area contributed by atoms with Crippen molar-refractivity contribution in [2.24, 2.45) is 0 Å². The molecular weight excluding hydrogens is 198 g/mol. The number of nitrogens with one attached hydrogen (secondary N) is 1. The number of aromatic nitrogens is 2. The molecule has 1 aromatic heterocycles. The van der Waals surface area contributed by atoms with Crippen molar-refractivity contribution in [2.75, 3.05) is 13.1 Å². The van der Waals surface area contributed by atoms with Gasteiger partial charge >= 0.3 is 0 Å². The van der Waals surface area contributed by atoms with Gasteiger partial charge in [0.05, 0.1) is 6.04 Å². The topological polar surface area (TPSA) is 29.9 Å². The molecule has 0 radical (unpaired) electrons. The van der Waals surface area contributed by atoms with Crippen LogP contribution in [0.2, 0.25) is 0 Å². The lowest BCUT2D eigenvalue weighted by Crippen LogP contribution is -2.30. The fourth-order valence-corrected chi connectivity index (χ4v) is 3.21. The highest BCUT2D eigenvalue weighted by atomic mass is 15.3. The number of hydrogen-bond acceptors (Lipinski definition) is 2. The van der Waals surface area contributed by atoms with Gasteiger partial charge in [0.1, 0.15) is 0 Å². The van der Waals surface area contributed by atoms with E-state index < -0.39 is 0 Å². The highest BCUT2D eigenvalue weighted by molar-refractivity contribution is 5.11. The summed E-state index contributed by atoms with van der Waals surface area (Å²) in [6, 6.07) is 2.92. The Hall–Kier alpha value is -0.830. The minimum Gasteiger partial charge on any atom is -0.316 e. The monoisotopic (exact) mass is 219 g/mol. The molecule has 2 aliphatic rings. The van der Waals surface area contributed by atoms with Crippen molar-refractivity contribution in [3.63, 3.8) is 0 Å². The second-order valence-corrected chi connectivity index (χ2v) is 5.18. The summed E-state index contributed by atoms with van der Waals surface area (Å²) in [6.07, 6.45) is 10.0. The van der Waals surface area contributed by atoms with Gasteiger partial charge in [-0.3, -0.25) is 4.68 Å². The van der Waals surface area contributed by atoms with Crippen LogP contribution in [0.1, 0.15) is 56.2 Å². The molecule has 1 aliphatic carbocycles. The van der Waals surface area contributed by atoms with Gasteiger partial charge in [0.15, 0.2) is 0 Å². The van der Waals surface area contributed by atoms with Crippen molar-refractivity contribution in [1.82, 2.24) is 15.1 Å². The van der Waals surface area contributed by atoms with Crippen molar-refractivity contribution in [3.8, 4) is 0 Å². The van der Waals surface area contributed by atoms with Gasteiger partial charge in [-0.2, -0.15) is 5.10 Å².